The van der Waals surface area contributed by atoms with Crippen molar-refractivity contribution >= 4 is 5.91 Å². The third-order valence-corrected chi connectivity index (χ3v) is 3.12. The molecule has 0 saturated carbocycles. The quantitative estimate of drug-likeness (QED) is 0.786. The summed E-state index contributed by atoms with van der Waals surface area (Å²) in [4.78, 5) is 13.7. The van der Waals surface area contributed by atoms with Gasteiger partial charge in [0.1, 0.15) is 0 Å². The first-order valence-corrected chi connectivity index (χ1v) is 6.50. The zero-order chi connectivity index (χ0) is 15.4. The van der Waals surface area contributed by atoms with Crippen LogP contribution in [0.5, 0.6) is 0 Å². The summed E-state index contributed by atoms with van der Waals surface area (Å²) in [5.41, 5.74) is 0.694. The molecule has 5 heteroatoms. The third-order valence-electron chi connectivity index (χ3n) is 3.12. The van der Waals surface area contributed by atoms with Crippen LogP contribution < -0.4 is 0 Å². The minimum absolute atomic E-state index is 0.204. The zero-order valence-electron chi connectivity index (χ0n) is 11.4. The summed E-state index contributed by atoms with van der Waals surface area (Å²) < 4.78 is 39.3. The first-order chi connectivity index (χ1) is 10.0. The van der Waals surface area contributed by atoms with Crippen molar-refractivity contribution in [3.05, 3.63) is 71.0 Å². The number of halogens is 3. The van der Waals surface area contributed by atoms with Crippen molar-refractivity contribution in [1.82, 2.24) is 4.90 Å². The summed E-state index contributed by atoms with van der Waals surface area (Å²) in [7, 11) is 0. The summed E-state index contributed by atoms with van der Waals surface area (Å²) in [6.07, 6.45) is 0. The lowest BCUT2D eigenvalue weighted by Gasteiger charge is -2.21. The topological polar surface area (TPSA) is 20.3 Å². The van der Waals surface area contributed by atoms with Crippen LogP contribution in [0.1, 0.15) is 22.8 Å². The molecule has 2 aromatic rings. The molecule has 0 aliphatic rings. The number of benzene rings is 2. The van der Waals surface area contributed by atoms with Gasteiger partial charge in [0.2, 0.25) is 0 Å². The van der Waals surface area contributed by atoms with Crippen molar-refractivity contribution in [2.45, 2.75) is 13.5 Å². The van der Waals surface area contributed by atoms with Gasteiger partial charge in [-0.05, 0) is 24.6 Å². The molecule has 2 nitrogen and oxygen atoms in total. The van der Waals surface area contributed by atoms with Crippen LogP contribution in [0.25, 0.3) is 0 Å². The maximum absolute atomic E-state index is 13.2. The second kappa shape index (κ2) is 6.43. The second-order valence-electron chi connectivity index (χ2n) is 4.56. The van der Waals surface area contributed by atoms with Gasteiger partial charge in [-0.15, -0.1) is 0 Å². The number of nitrogens with zero attached hydrogens (tertiary/aromatic N) is 1. The summed E-state index contributed by atoms with van der Waals surface area (Å²) in [5.74, 6) is -4.85. The summed E-state index contributed by atoms with van der Waals surface area (Å²) in [6, 6.07) is 10.7. The molecule has 0 saturated heterocycles. The van der Waals surface area contributed by atoms with E-state index in [-0.39, 0.29) is 5.56 Å². The molecule has 0 unspecified atom stereocenters. The Labute approximate surface area is 120 Å². The number of carbonyl (C=O) groups is 1. The maximum atomic E-state index is 13.2. The molecular formula is C16H14F3NO. The lowest BCUT2D eigenvalue weighted by atomic mass is 10.1. The number of rotatable bonds is 4. The molecule has 0 N–H and O–H groups in total. The highest BCUT2D eigenvalue weighted by molar-refractivity contribution is 5.94. The van der Waals surface area contributed by atoms with Crippen LogP contribution >= 0.6 is 0 Å². The van der Waals surface area contributed by atoms with E-state index in [2.05, 4.69) is 0 Å². The molecule has 0 atom stereocenters. The molecule has 0 radical (unpaired) electrons. The minimum atomic E-state index is -1.57. The van der Waals surface area contributed by atoms with Crippen LogP contribution in [-0.4, -0.2) is 17.4 Å². The molecule has 0 fully saturated rings. The SMILES string of the molecule is CCN(Cc1ccccc1)C(=O)c1cc(F)c(F)c(F)c1. The van der Waals surface area contributed by atoms with Crippen molar-refractivity contribution in [2.75, 3.05) is 6.54 Å². The lowest BCUT2D eigenvalue weighted by molar-refractivity contribution is 0.0751. The van der Waals surface area contributed by atoms with Gasteiger partial charge in [0.05, 0.1) is 0 Å². The standard InChI is InChI=1S/C16H14F3NO/c1-2-20(10-11-6-4-3-5-7-11)16(21)12-8-13(17)15(19)14(18)9-12/h3-9H,2,10H2,1H3. The molecule has 0 spiro atoms. The zero-order valence-corrected chi connectivity index (χ0v) is 11.4. The van der Waals surface area contributed by atoms with Crippen molar-refractivity contribution in [2.24, 2.45) is 0 Å². The smallest absolute Gasteiger partial charge is 0.254 e. The van der Waals surface area contributed by atoms with E-state index in [9.17, 15) is 18.0 Å². The van der Waals surface area contributed by atoms with Crippen molar-refractivity contribution in [3.8, 4) is 0 Å². The van der Waals surface area contributed by atoms with Crippen LogP contribution in [0.3, 0.4) is 0 Å². The lowest BCUT2D eigenvalue weighted by Crippen LogP contribution is -2.30. The third kappa shape index (κ3) is 3.42. The van der Waals surface area contributed by atoms with Gasteiger partial charge in [-0.2, -0.15) is 0 Å². The van der Waals surface area contributed by atoms with Gasteiger partial charge in [-0.3, -0.25) is 4.79 Å². The first kappa shape index (κ1) is 15.1. The summed E-state index contributed by atoms with van der Waals surface area (Å²) in [5, 5.41) is 0. The number of hydrogen-bond acceptors (Lipinski definition) is 1. The highest BCUT2D eigenvalue weighted by atomic mass is 19.2. The van der Waals surface area contributed by atoms with Crippen LogP contribution in [0, 0.1) is 17.5 Å². The Morgan fingerprint density at radius 1 is 1.05 bits per heavy atom. The Morgan fingerprint density at radius 2 is 1.62 bits per heavy atom. The molecule has 0 bridgehead atoms. The average Bonchev–Trinajstić information content (AvgIpc) is 2.50. The van der Waals surface area contributed by atoms with E-state index >= 15 is 0 Å². The van der Waals surface area contributed by atoms with Gasteiger partial charge in [0.25, 0.3) is 5.91 Å². The Kier molecular flexibility index (Phi) is 4.62. The molecule has 2 aromatic carbocycles. The van der Waals surface area contributed by atoms with Crippen molar-refractivity contribution < 1.29 is 18.0 Å². The Bertz CT molecular complexity index is 620. The maximum Gasteiger partial charge on any atom is 0.254 e. The van der Waals surface area contributed by atoms with Crippen LogP contribution in [0.2, 0.25) is 0 Å². The Balaban J connectivity index is 2.24. The molecular weight excluding hydrogens is 279 g/mol. The fourth-order valence-electron chi connectivity index (χ4n) is 1.99. The van der Waals surface area contributed by atoms with E-state index in [1.165, 1.54) is 4.90 Å². The summed E-state index contributed by atoms with van der Waals surface area (Å²) in [6.45, 7) is 2.45. The molecule has 2 rings (SSSR count). The monoisotopic (exact) mass is 293 g/mol. The Morgan fingerprint density at radius 3 is 2.14 bits per heavy atom. The van der Waals surface area contributed by atoms with Crippen molar-refractivity contribution in [3.63, 3.8) is 0 Å². The minimum Gasteiger partial charge on any atom is -0.335 e. The molecule has 21 heavy (non-hydrogen) atoms. The predicted octanol–water partition coefficient (Wildman–Crippen LogP) is 3.77. The van der Waals surface area contributed by atoms with Gasteiger partial charge >= 0.3 is 0 Å². The second-order valence-corrected chi connectivity index (χ2v) is 4.56. The predicted molar refractivity (Wildman–Crippen MR) is 73.2 cm³/mol. The van der Waals surface area contributed by atoms with E-state index in [4.69, 9.17) is 0 Å². The van der Waals surface area contributed by atoms with Gasteiger partial charge in [0, 0.05) is 18.7 Å². The first-order valence-electron chi connectivity index (χ1n) is 6.50. The normalized spacial score (nSPS) is 10.5. The van der Waals surface area contributed by atoms with Crippen LogP contribution in [0.15, 0.2) is 42.5 Å². The average molecular weight is 293 g/mol. The highest BCUT2D eigenvalue weighted by Gasteiger charge is 2.19. The van der Waals surface area contributed by atoms with E-state index in [1.807, 2.05) is 30.3 Å². The van der Waals surface area contributed by atoms with Crippen molar-refractivity contribution in [1.29, 1.82) is 0 Å². The molecule has 0 heterocycles. The van der Waals surface area contributed by atoms with Crippen LogP contribution in [0.4, 0.5) is 13.2 Å². The van der Waals surface area contributed by atoms with E-state index < -0.39 is 23.4 Å². The van der Waals surface area contributed by atoms with E-state index in [1.54, 1.807) is 6.92 Å². The van der Waals surface area contributed by atoms with E-state index in [0.717, 1.165) is 5.56 Å². The number of amides is 1. The fraction of sp³-hybridized carbons (Fsp3) is 0.188. The van der Waals surface area contributed by atoms with E-state index in [0.29, 0.717) is 25.2 Å². The Hall–Kier alpha value is -2.30. The molecule has 0 aliphatic carbocycles. The van der Waals surface area contributed by atoms with Gasteiger partial charge < -0.3 is 4.90 Å². The number of hydrogen-bond donors (Lipinski definition) is 0. The van der Waals surface area contributed by atoms with Crippen LogP contribution in [-0.2, 0) is 6.54 Å². The number of carbonyl (C=O) groups excluding carboxylic acids is 1. The fourth-order valence-corrected chi connectivity index (χ4v) is 1.99. The molecule has 0 aromatic heterocycles. The highest BCUT2D eigenvalue weighted by Crippen LogP contribution is 2.16. The molecule has 1 amide bonds. The summed E-state index contributed by atoms with van der Waals surface area (Å²) >= 11 is 0. The van der Waals surface area contributed by atoms with Gasteiger partial charge in [-0.25, -0.2) is 13.2 Å². The molecule has 110 valence electrons. The van der Waals surface area contributed by atoms with Gasteiger partial charge in [0.15, 0.2) is 17.5 Å². The van der Waals surface area contributed by atoms with Gasteiger partial charge in [-0.1, -0.05) is 30.3 Å². The largest absolute Gasteiger partial charge is 0.335 e. The molecule has 0 aliphatic heterocycles.